The van der Waals surface area contributed by atoms with Gasteiger partial charge in [-0.1, -0.05) is 41.2 Å². The summed E-state index contributed by atoms with van der Waals surface area (Å²) < 4.78 is 12.3. The van der Waals surface area contributed by atoms with E-state index >= 15 is 0 Å². The molecule has 2 aromatic heterocycles. The Labute approximate surface area is 159 Å². The third-order valence-electron chi connectivity index (χ3n) is 3.81. The second kappa shape index (κ2) is 7.58. The third kappa shape index (κ3) is 3.82. The van der Waals surface area contributed by atoms with Crippen LogP contribution in [0, 0.1) is 6.92 Å². The molecule has 0 spiro atoms. The van der Waals surface area contributed by atoms with Crippen LogP contribution in [0.3, 0.4) is 0 Å². The zero-order valence-corrected chi connectivity index (χ0v) is 15.6. The van der Waals surface area contributed by atoms with Crippen LogP contribution in [0.1, 0.15) is 11.5 Å². The molecule has 0 N–H and O–H groups in total. The second-order valence-electron chi connectivity index (χ2n) is 5.74. The first-order valence-electron chi connectivity index (χ1n) is 8.18. The number of tetrazole rings is 1. The Hall–Kier alpha value is -3.20. The second-order valence-corrected chi connectivity index (χ2v) is 6.69. The number of benzene rings is 2. The maximum absolute atomic E-state index is 5.35. The quantitative estimate of drug-likeness (QED) is 0.470. The lowest BCUT2D eigenvalue weighted by molar-refractivity contribution is 0.391. The highest BCUT2D eigenvalue weighted by Gasteiger charge is 2.14. The normalized spacial score (nSPS) is 10.9. The Morgan fingerprint density at radius 3 is 2.89 bits per heavy atom. The van der Waals surface area contributed by atoms with Crippen LogP contribution >= 0.6 is 11.8 Å². The van der Waals surface area contributed by atoms with E-state index in [4.69, 9.17) is 9.26 Å². The first kappa shape index (κ1) is 17.2. The number of thioether (sulfide) groups is 1. The fraction of sp³-hybridized carbons (Fsp3) is 0.167. The van der Waals surface area contributed by atoms with Crippen LogP contribution in [-0.4, -0.2) is 37.5 Å². The number of aromatic nitrogens is 6. The van der Waals surface area contributed by atoms with Crippen molar-refractivity contribution in [3.8, 4) is 22.8 Å². The van der Waals surface area contributed by atoms with Crippen LogP contribution in [0.5, 0.6) is 5.75 Å². The number of ether oxygens (including phenoxy) is 1. The fourth-order valence-corrected chi connectivity index (χ4v) is 3.24. The summed E-state index contributed by atoms with van der Waals surface area (Å²) in [7, 11) is 1.62. The molecule has 0 amide bonds. The lowest BCUT2D eigenvalue weighted by atomic mass is 10.2. The molecule has 0 radical (unpaired) electrons. The number of hydrogen-bond donors (Lipinski definition) is 0. The zero-order chi connectivity index (χ0) is 18.6. The van der Waals surface area contributed by atoms with E-state index in [2.05, 4.69) is 25.7 Å². The standard InChI is InChI=1S/C18H16N6O2S/c1-12-5-3-7-14(9-12)24-18(20-22-23-24)27-11-16-19-17(21-26-16)13-6-4-8-15(10-13)25-2/h3-10H,11H2,1-2H3. The van der Waals surface area contributed by atoms with E-state index in [9.17, 15) is 0 Å². The molecular formula is C18H16N6O2S. The Morgan fingerprint density at radius 2 is 2.04 bits per heavy atom. The molecule has 8 nitrogen and oxygen atoms in total. The summed E-state index contributed by atoms with van der Waals surface area (Å²) >= 11 is 1.43. The summed E-state index contributed by atoms with van der Waals surface area (Å²) in [4.78, 5) is 4.44. The molecular weight excluding hydrogens is 364 g/mol. The van der Waals surface area contributed by atoms with E-state index in [1.807, 2.05) is 55.5 Å². The van der Waals surface area contributed by atoms with Crippen molar-refractivity contribution < 1.29 is 9.26 Å². The summed E-state index contributed by atoms with van der Waals surface area (Å²) in [6, 6.07) is 15.5. The molecule has 0 unspecified atom stereocenters. The number of methoxy groups -OCH3 is 1. The molecule has 2 heterocycles. The van der Waals surface area contributed by atoms with Gasteiger partial charge in [-0.05, 0) is 47.2 Å². The molecule has 0 saturated carbocycles. The summed E-state index contributed by atoms with van der Waals surface area (Å²) in [6.45, 7) is 2.03. The van der Waals surface area contributed by atoms with Gasteiger partial charge in [-0.2, -0.15) is 9.67 Å². The van der Waals surface area contributed by atoms with Crippen LogP contribution in [0.15, 0.2) is 58.2 Å². The minimum absolute atomic E-state index is 0.461. The molecule has 2 aromatic carbocycles. The first-order valence-corrected chi connectivity index (χ1v) is 9.17. The van der Waals surface area contributed by atoms with E-state index < -0.39 is 0 Å². The summed E-state index contributed by atoms with van der Waals surface area (Å²) in [6.07, 6.45) is 0. The number of rotatable bonds is 6. The number of hydrogen-bond acceptors (Lipinski definition) is 8. The molecule has 0 saturated heterocycles. The van der Waals surface area contributed by atoms with Gasteiger partial charge in [0.05, 0.1) is 18.6 Å². The van der Waals surface area contributed by atoms with Crippen LogP contribution in [-0.2, 0) is 5.75 Å². The Balaban J connectivity index is 1.49. The van der Waals surface area contributed by atoms with Crippen molar-refractivity contribution >= 4 is 11.8 Å². The molecule has 0 fully saturated rings. The van der Waals surface area contributed by atoms with Crippen molar-refractivity contribution in [2.75, 3.05) is 7.11 Å². The summed E-state index contributed by atoms with van der Waals surface area (Å²) in [5, 5.41) is 16.6. The molecule has 27 heavy (non-hydrogen) atoms. The Bertz CT molecular complexity index is 1060. The van der Waals surface area contributed by atoms with Crippen molar-refractivity contribution in [1.29, 1.82) is 0 Å². The van der Waals surface area contributed by atoms with E-state index in [1.54, 1.807) is 11.8 Å². The van der Waals surface area contributed by atoms with E-state index in [0.29, 0.717) is 22.6 Å². The average Bonchev–Trinajstić information content (AvgIpc) is 3.36. The van der Waals surface area contributed by atoms with E-state index in [-0.39, 0.29) is 0 Å². The minimum atomic E-state index is 0.461. The van der Waals surface area contributed by atoms with Gasteiger partial charge in [0.2, 0.25) is 16.9 Å². The molecule has 4 aromatic rings. The molecule has 4 rings (SSSR count). The monoisotopic (exact) mass is 380 g/mol. The molecule has 0 bridgehead atoms. The van der Waals surface area contributed by atoms with Crippen LogP contribution < -0.4 is 4.74 Å². The van der Waals surface area contributed by atoms with Crippen molar-refractivity contribution in [2.45, 2.75) is 17.8 Å². The van der Waals surface area contributed by atoms with Crippen molar-refractivity contribution in [1.82, 2.24) is 30.3 Å². The van der Waals surface area contributed by atoms with E-state index in [0.717, 1.165) is 22.6 Å². The predicted octanol–water partition coefficient (Wildman–Crippen LogP) is 3.32. The highest BCUT2D eigenvalue weighted by Crippen LogP contribution is 2.25. The lowest BCUT2D eigenvalue weighted by Gasteiger charge is -2.03. The largest absolute Gasteiger partial charge is 0.497 e. The van der Waals surface area contributed by atoms with Crippen molar-refractivity contribution in [2.24, 2.45) is 0 Å². The molecule has 9 heteroatoms. The van der Waals surface area contributed by atoms with Gasteiger partial charge >= 0.3 is 0 Å². The van der Waals surface area contributed by atoms with Gasteiger partial charge in [-0.3, -0.25) is 0 Å². The van der Waals surface area contributed by atoms with Gasteiger partial charge in [0, 0.05) is 5.56 Å². The molecule has 0 atom stereocenters. The predicted molar refractivity (Wildman–Crippen MR) is 99.7 cm³/mol. The third-order valence-corrected chi connectivity index (χ3v) is 4.71. The lowest BCUT2D eigenvalue weighted by Crippen LogP contribution is -1.99. The van der Waals surface area contributed by atoms with Crippen molar-refractivity contribution in [3.63, 3.8) is 0 Å². The Morgan fingerprint density at radius 1 is 1.15 bits per heavy atom. The van der Waals surface area contributed by atoms with E-state index in [1.165, 1.54) is 11.8 Å². The summed E-state index contributed by atoms with van der Waals surface area (Å²) in [5.41, 5.74) is 2.88. The maximum Gasteiger partial charge on any atom is 0.237 e. The van der Waals surface area contributed by atoms with Gasteiger partial charge in [0.15, 0.2) is 0 Å². The minimum Gasteiger partial charge on any atom is -0.497 e. The SMILES string of the molecule is COc1cccc(-c2noc(CSc3nnnn3-c3cccc(C)c3)n2)c1. The summed E-state index contributed by atoms with van der Waals surface area (Å²) in [5.74, 6) is 2.22. The number of aryl methyl sites for hydroxylation is 1. The molecule has 0 aliphatic heterocycles. The molecule has 0 aliphatic rings. The molecule has 0 aliphatic carbocycles. The maximum atomic E-state index is 5.35. The van der Waals surface area contributed by atoms with Crippen LogP contribution in [0.2, 0.25) is 0 Å². The average molecular weight is 380 g/mol. The molecule has 136 valence electrons. The van der Waals surface area contributed by atoms with Gasteiger partial charge in [0.1, 0.15) is 5.75 Å². The first-order chi connectivity index (χ1) is 13.2. The number of nitrogens with zero attached hydrogens (tertiary/aromatic N) is 6. The highest BCUT2D eigenvalue weighted by molar-refractivity contribution is 7.98. The zero-order valence-electron chi connectivity index (χ0n) is 14.7. The smallest absolute Gasteiger partial charge is 0.237 e. The highest BCUT2D eigenvalue weighted by atomic mass is 32.2. The fourth-order valence-electron chi connectivity index (χ4n) is 2.51. The van der Waals surface area contributed by atoms with Gasteiger partial charge in [-0.25, -0.2) is 0 Å². The van der Waals surface area contributed by atoms with Crippen molar-refractivity contribution in [3.05, 3.63) is 60.0 Å². The van der Waals surface area contributed by atoms with Crippen LogP contribution in [0.4, 0.5) is 0 Å². The van der Waals surface area contributed by atoms with Gasteiger partial charge in [-0.15, -0.1) is 5.10 Å². The van der Waals surface area contributed by atoms with Gasteiger partial charge in [0.25, 0.3) is 0 Å². The topological polar surface area (TPSA) is 91.8 Å². The van der Waals surface area contributed by atoms with Crippen LogP contribution in [0.25, 0.3) is 17.1 Å². The Kier molecular flexibility index (Phi) is 4.84. The van der Waals surface area contributed by atoms with Gasteiger partial charge < -0.3 is 9.26 Å².